The number of thiocarbonyl (C=S) groups is 1. The van der Waals surface area contributed by atoms with Crippen LogP contribution in [0.2, 0.25) is 0 Å². The van der Waals surface area contributed by atoms with E-state index in [0.29, 0.717) is 9.99 Å². The molecule has 0 atom stereocenters. The molecule has 1 fully saturated rings. The first-order valence-electron chi connectivity index (χ1n) is 6.43. The summed E-state index contributed by atoms with van der Waals surface area (Å²) in [5, 5.41) is 5.33. The van der Waals surface area contributed by atoms with Crippen molar-refractivity contribution in [3.63, 3.8) is 0 Å². The van der Waals surface area contributed by atoms with Crippen LogP contribution in [0, 0.1) is 0 Å². The zero-order chi connectivity index (χ0) is 14.2. The van der Waals surface area contributed by atoms with Crippen molar-refractivity contribution in [1.82, 2.24) is 21.1 Å². The van der Waals surface area contributed by atoms with Crippen LogP contribution in [0.4, 0.5) is 0 Å². The lowest BCUT2D eigenvalue weighted by atomic mass is 10.4. The normalized spacial score (nSPS) is 15.6. The molecular formula is C12H18N4O2S2. The average molecular weight is 314 g/mol. The number of hydrogen-bond acceptors (Lipinski definition) is 5. The van der Waals surface area contributed by atoms with E-state index in [2.05, 4.69) is 21.1 Å². The molecule has 2 rings (SSSR count). The van der Waals surface area contributed by atoms with Gasteiger partial charge in [-0.05, 0) is 23.7 Å². The van der Waals surface area contributed by atoms with E-state index in [0.717, 1.165) is 39.4 Å². The van der Waals surface area contributed by atoms with Gasteiger partial charge in [0.05, 0.1) is 18.1 Å². The maximum Gasteiger partial charge on any atom is 0.279 e. The molecule has 0 radical (unpaired) electrons. The zero-order valence-electron chi connectivity index (χ0n) is 11.1. The number of carbonyl (C=O) groups excluding carboxylic acids is 1. The Hall–Kier alpha value is -1.22. The third-order valence-corrected chi connectivity index (χ3v) is 3.97. The second-order valence-corrected chi connectivity index (χ2v) is 5.62. The lowest BCUT2D eigenvalue weighted by Crippen LogP contribution is -2.48. The van der Waals surface area contributed by atoms with Crippen LogP contribution in [0.1, 0.15) is 9.67 Å². The quantitative estimate of drug-likeness (QED) is 0.545. The summed E-state index contributed by atoms with van der Waals surface area (Å²) in [6.45, 7) is 5.14. The molecule has 0 aromatic carbocycles. The van der Waals surface area contributed by atoms with Crippen LogP contribution in [0.25, 0.3) is 0 Å². The van der Waals surface area contributed by atoms with Crippen molar-refractivity contribution in [2.75, 3.05) is 39.4 Å². The molecule has 0 saturated carbocycles. The van der Waals surface area contributed by atoms with Crippen molar-refractivity contribution in [3.05, 3.63) is 22.4 Å². The Morgan fingerprint density at radius 3 is 2.90 bits per heavy atom. The molecule has 1 aromatic rings. The minimum absolute atomic E-state index is 0.183. The highest BCUT2D eigenvalue weighted by Gasteiger charge is 2.10. The number of rotatable bonds is 4. The Kier molecular flexibility index (Phi) is 6.19. The highest BCUT2D eigenvalue weighted by Crippen LogP contribution is 2.06. The van der Waals surface area contributed by atoms with Crippen molar-refractivity contribution < 1.29 is 9.53 Å². The van der Waals surface area contributed by atoms with Crippen molar-refractivity contribution in [2.24, 2.45) is 0 Å². The fraction of sp³-hybridized carbons (Fsp3) is 0.500. The predicted octanol–water partition coefficient (Wildman–Crippen LogP) is 0.189. The van der Waals surface area contributed by atoms with Gasteiger partial charge in [-0.3, -0.25) is 20.5 Å². The largest absolute Gasteiger partial charge is 0.379 e. The van der Waals surface area contributed by atoms with Crippen LogP contribution in [0.15, 0.2) is 17.5 Å². The van der Waals surface area contributed by atoms with E-state index in [9.17, 15) is 4.79 Å². The number of carbonyl (C=O) groups is 1. The lowest BCUT2D eigenvalue weighted by Gasteiger charge is -2.26. The van der Waals surface area contributed by atoms with Crippen LogP contribution in [0.3, 0.4) is 0 Å². The molecule has 2 heterocycles. The summed E-state index contributed by atoms with van der Waals surface area (Å²) in [7, 11) is 0. The van der Waals surface area contributed by atoms with E-state index in [4.69, 9.17) is 17.0 Å². The van der Waals surface area contributed by atoms with E-state index >= 15 is 0 Å². The highest BCUT2D eigenvalue weighted by atomic mass is 32.1. The number of nitrogens with zero attached hydrogens (tertiary/aromatic N) is 1. The Morgan fingerprint density at radius 1 is 1.40 bits per heavy atom. The molecule has 1 aliphatic rings. The summed E-state index contributed by atoms with van der Waals surface area (Å²) in [6.07, 6.45) is 0. The molecule has 3 N–H and O–H groups in total. The SMILES string of the molecule is O=C(NNC(=S)NCCN1CCOCC1)c1cccs1. The Labute approximate surface area is 127 Å². The predicted molar refractivity (Wildman–Crippen MR) is 82.8 cm³/mol. The fourth-order valence-corrected chi connectivity index (χ4v) is 2.55. The molecular weight excluding hydrogens is 296 g/mol. The number of hydrazine groups is 1. The van der Waals surface area contributed by atoms with E-state index in [1.165, 1.54) is 11.3 Å². The maximum absolute atomic E-state index is 11.7. The summed E-state index contributed by atoms with van der Waals surface area (Å²) in [5.74, 6) is -0.183. The van der Waals surface area contributed by atoms with Gasteiger partial charge >= 0.3 is 0 Å². The summed E-state index contributed by atoms with van der Waals surface area (Å²) >= 11 is 6.48. The van der Waals surface area contributed by atoms with Gasteiger partial charge in [-0.15, -0.1) is 11.3 Å². The molecule has 0 aliphatic carbocycles. The first kappa shape index (κ1) is 15.2. The number of thiophene rings is 1. The highest BCUT2D eigenvalue weighted by molar-refractivity contribution is 7.80. The van der Waals surface area contributed by atoms with Crippen molar-refractivity contribution >= 4 is 34.6 Å². The lowest BCUT2D eigenvalue weighted by molar-refractivity contribution is 0.0389. The second-order valence-electron chi connectivity index (χ2n) is 4.27. The minimum Gasteiger partial charge on any atom is -0.379 e. The van der Waals surface area contributed by atoms with Crippen LogP contribution < -0.4 is 16.2 Å². The Balaban J connectivity index is 1.57. The first-order chi connectivity index (χ1) is 9.75. The minimum atomic E-state index is -0.183. The van der Waals surface area contributed by atoms with Gasteiger partial charge in [-0.25, -0.2) is 0 Å². The Morgan fingerprint density at radius 2 is 2.20 bits per heavy atom. The summed E-state index contributed by atoms with van der Waals surface area (Å²) in [6, 6.07) is 3.59. The molecule has 0 bridgehead atoms. The van der Waals surface area contributed by atoms with E-state index in [1.54, 1.807) is 6.07 Å². The van der Waals surface area contributed by atoms with Crippen molar-refractivity contribution in [1.29, 1.82) is 0 Å². The molecule has 20 heavy (non-hydrogen) atoms. The van der Waals surface area contributed by atoms with Gasteiger partial charge in [-0.1, -0.05) is 6.07 Å². The van der Waals surface area contributed by atoms with Gasteiger partial charge in [0.1, 0.15) is 0 Å². The van der Waals surface area contributed by atoms with Crippen LogP contribution in [-0.2, 0) is 4.74 Å². The number of ether oxygens (including phenoxy) is 1. The van der Waals surface area contributed by atoms with Crippen LogP contribution in [-0.4, -0.2) is 55.3 Å². The van der Waals surface area contributed by atoms with Gasteiger partial charge in [0.15, 0.2) is 5.11 Å². The number of nitrogens with one attached hydrogen (secondary N) is 3. The maximum atomic E-state index is 11.7. The molecule has 1 amide bonds. The molecule has 1 aliphatic heterocycles. The number of hydrogen-bond donors (Lipinski definition) is 3. The topological polar surface area (TPSA) is 65.6 Å². The van der Waals surface area contributed by atoms with Gasteiger partial charge in [0, 0.05) is 26.2 Å². The van der Waals surface area contributed by atoms with E-state index in [-0.39, 0.29) is 5.91 Å². The standard InChI is InChI=1S/C12H18N4O2S2/c17-11(10-2-1-9-20-10)14-15-12(19)13-3-4-16-5-7-18-8-6-16/h1-2,9H,3-8H2,(H,14,17)(H2,13,15,19). The summed E-state index contributed by atoms with van der Waals surface area (Å²) in [4.78, 5) is 14.6. The van der Waals surface area contributed by atoms with Gasteiger partial charge in [0.25, 0.3) is 5.91 Å². The average Bonchev–Trinajstić information content (AvgIpc) is 3.00. The number of morpholine rings is 1. The van der Waals surface area contributed by atoms with Gasteiger partial charge in [0.2, 0.25) is 0 Å². The van der Waals surface area contributed by atoms with E-state index in [1.807, 2.05) is 11.4 Å². The first-order valence-corrected chi connectivity index (χ1v) is 7.72. The third-order valence-electron chi connectivity index (χ3n) is 2.85. The number of amides is 1. The molecule has 8 heteroatoms. The zero-order valence-corrected chi connectivity index (χ0v) is 12.7. The van der Waals surface area contributed by atoms with Crippen molar-refractivity contribution in [2.45, 2.75) is 0 Å². The second kappa shape index (κ2) is 8.15. The van der Waals surface area contributed by atoms with E-state index < -0.39 is 0 Å². The molecule has 6 nitrogen and oxygen atoms in total. The third kappa shape index (κ3) is 5.04. The van der Waals surface area contributed by atoms with Crippen LogP contribution >= 0.6 is 23.6 Å². The smallest absolute Gasteiger partial charge is 0.279 e. The van der Waals surface area contributed by atoms with Gasteiger partial charge in [-0.2, -0.15) is 0 Å². The molecule has 1 aromatic heterocycles. The molecule has 1 saturated heterocycles. The monoisotopic (exact) mass is 314 g/mol. The van der Waals surface area contributed by atoms with Crippen LogP contribution in [0.5, 0.6) is 0 Å². The fourth-order valence-electron chi connectivity index (χ4n) is 1.78. The Bertz CT molecular complexity index is 433. The summed E-state index contributed by atoms with van der Waals surface area (Å²) in [5.41, 5.74) is 5.25. The molecule has 110 valence electrons. The van der Waals surface area contributed by atoms with Crippen molar-refractivity contribution in [3.8, 4) is 0 Å². The van der Waals surface area contributed by atoms with Gasteiger partial charge < -0.3 is 10.1 Å². The molecule has 0 unspecified atom stereocenters. The summed E-state index contributed by atoms with van der Waals surface area (Å²) < 4.78 is 5.28. The molecule has 0 spiro atoms.